The maximum Gasteiger partial charge on any atom is 0.140 e. The van der Waals surface area contributed by atoms with Gasteiger partial charge in [-0.3, -0.25) is 0 Å². The van der Waals surface area contributed by atoms with Crippen LogP contribution in [0.2, 0.25) is 0 Å². The summed E-state index contributed by atoms with van der Waals surface area (Å²) in [5.41, 5.74) is 1.40. The number of aromatic nitrogens is 1. The molecule has 0 fully saturated rings. The van der Waals surface area contributed by atoms with Gasteiger partial charge in [-0.2, -0.15) is 10.5 Å². The highest BCUT2D eigenvalue weighted by Crippen LogP contribution is 2.17. The first-order valence-electron chi connectivity index (χ1n) is 4.01. The van der Waals surface area contributed by atoms with Crippen molar-refractivity contribution < 1.29 is 0 Å². The van der Waals surface area contributed by atoms with Gasteiger partial charge in [0, 0.05) is 12.6 Å². The Morgan fingerprint density at radius 3 is 2.92 bits per heavy atom. The van der Waals surface area contributed by atoms with Gasteiger partial charge in [0.05, 0.1) is 6.07 Å². The first-order chi connectivity index (χ1) is 6.27. The molecule has 0 spiro atoms. The minimum atomic E-state index is 0.167. The lowest BCUT2D eigenvalue weighted by atomic mass is 9.99. The van der Waals surface area contributed by atoms with Gasteiger partial charge < -0.3 is 0 Å². The Morgan fingerprint density at radius 1 is 1.54 bits per heavy atom. The predicted octanol–water partition coefficient (Wildman–Crippen LogP) is 1.97. The fourth-order valence-corrected chi connectivity index (χ4v) is 1.07. The van der Waals surface area contributed by atoms with Crippen LogP contribution in [0.1, 0.15) is 30.5 Å². The second-order valence-electron chi connectivity index (χ2n) is 2.85. The van der Waals surface area contributed by atoms with E-state index in [1.165, 1.54) is 0 Å². The molecule has 3 heteroatoms. The highest BCUT2D eigenvalue weighted by Gasteiger charge is 2.05. The molecule has 0 aromatic carbocycles. The van der Waals surface area contributed by atoms with Crippen LogP contribution in [0.15, 0.2) is 18.3 Å². The summed E-state index contributed by atoms with van der Waals surface area (Å²) in [4.78, 5) is 3.86. The second kappa shape index (κ2) is 4.23. The number of pyridine rings is 1. The third-order valence-corrected chi connectivity index (χ3v) is 1.87. The van der Waals surface area contributed by atoms with Gasteiger partial charge in [0.2, 0.25) is 0 Å². The molecular formula is C10H9N3. The van der Waals surface area contributed by atoms with Gasteiger partial charge in [0.25, 0.3) is 0 Å². The Labute approximate surface area is 77.3 Å². The number of nitriles is 2. The van der Waals surface area contributed by atoms with E-state index in [-0.39, 0.29) is 5.92 Å². The topological polar surface area (TPSA) is 60.5 Å². The largest absolute Gasteiger partial charge is 0.246 e. The summed E-state index contributed by atoms with van der Waals surface area (Å²) in [6.07, 6.45) is 2.07. The number of nitrogens with zero attached hydrogens (tertiary/aromatic N) is 3. The van der Waals surface area contributed by atoms with Crippen LogP contribution in [0.5, 0.6) is 0 Å². The standard InChI is InChI=1S/C10H9N3/c1-8(2-4-11)9-3-5-13-10(6-9)7-12/h3,5-6,8H,2H2,1H3/t8-/m1/s1. The molecule has 1 aromatic rings. The fourth-order valence-electron chi connectivity index (χ4n) is 1.07. The van der Waals surface area contributed by atoms with Crippen molar-refractivity contribution in [2.45, 2.75) is 19.3 Å². The normalized spacial score (nSPS) is 11.3. The molecule has 0 radical (unpaired) electrons. The van der Waals surface area contributed by atoms with Crippen LogP contribution in [0.4, 0.5) is 0 Å². The zero-order valence-corrected chi connectivity index (χ0v) is 7.36. The van der Waals surface area contributed by atoms with Crippen molar-refractivity contribution in [3.8, 4) is 12.1 Å². The van der Waals surface area contributed by atoms with Gasteiger partial charge >= 0.3 is 0 Å². The van der Waals surface area contributed by atoms with E-state index in [4.69, 9.17) is 10.5 Å². The SMILES string of the molecule is C[C@H](CC#N)c1ccnc(C#N)c1. The van der Waals surface area contributed by atoms with E-state index >= 15 is 0 Å². The molecule has 0 saturated carbocycles. The van der Waals surface area contributed by atoms with Gasteiger partial charge in [0.15, 0.2) is 0 Å². The quantitative estimate of drug-likeness (QED) is 0.683. The van der Waals surface area contributed by atoms with Gasteiger partial charge in [-0.15, -0.1) is 0 Å². The molecule has 1 rings (SSSR count). The third kappa shape index (κ3) is 2.28. The summed E-state index contributed by atoms with van der Waals surface area (Å²) < 4.78 is 0. The summed E-state index contributed by atoms with van der Waals surface area (Å²) in [7, 11) is 0. The molecule has 1 aromatic heterocycles. The van der Waals surface area contributed by atoms with Crippen LogP contribution in [0, 0.1) is 22.7 Å². The average Bonchev–Trinajstić information content (AvgIpc) is 2.18. The average molecular weight is 171 g/mol. The summed E-state index contributed by atoms with van der Waals surface area (Å²) in [6.45, 7) is 1.96. The fraction of sp³-hybridized carbons (Fsp3) is 0.300. The molecule has 0 bridgehead atoms. The summed E-state index contributed by atoms with van der Waals surface area (Å²) in [6, 6.07) is 7.63. The van der Waals surface area contributed by atoms with Crippen molar-refractivity contribution in [1.82, 2.24) is 4.98 Å². The molecule has 3 nitrogen and oxygen atoms in total. The Balaban J connectivity index is 2.91. The molecule has 1 atom stereocenters. The van der Waals surface area contributed by atoms with E-state index in [0.717, 1.165) is 5.56 Å². The third-order valence-electron chi connectivity index (χ3n) is 1.87. The zero-order valence-electron chi connectivity index (χ0n) is 7.36. The molecule has 0 saturated heterocycles. The van der Waals surface area contributed by atoms with Crippen LogP contribution in [-0.2, 0) is 0 Å². The highest BCUT2D eigenvalue weighted by atomic mass is 14.7. The molecule has 64 valence electrons. The summed E-state index contributed by atoms with van der Waals surface area (Å²) in [5, 5.41) is 17.1. The van der Waals surface area contributed by atoms with Crippen molar-refractivity contribution in [3.05, 3.63) is 29.6 Å². The maximum absolute atomic E-state index is 8.60. The Kier molecular flexibility index (Phi) is 3.00. The van der Waals surface area contributed by atoms with E-state index < -0.39 is 0 Å². The maximum atomic E-state index is 8.60. The van der Waals surface area contributed by atoms with Gasteiger partial charge in [0.1, 0.15) is 11.8 Å². The molecule has 13 heavy (non-hydrogen) atoms. The highest BCUT2D eigenvalue weighted by molar-refractivity contribution is 5.27. The van der Waals surface area contributed by atoms with Crippen LogP contribution < -0.4 is 0 Å². The number of hydrogen-bond acceptors (Lipinski definition) is 3. The first-order valence-corrected chi connectivity index (χ1v) is 4.01. The van der Waals surface area contributed by atoms with Crippen LogP contribution in [0.25, 0.3) is 0 Å². The molecule has 0 aliphatic heterocycles. The Hall–Kier alpha value is -1.87. The smallest absolute Gasteiger partial charge is 0.140 e. The Bertz CT molecular complexity index is 370. The minimum absolute atomic E-state index is 0.167. The lowest BCUT2D eigenvalue weighted by molar-refractivity contribution is 0.786. The van der Waals surface area contributed by atoms with E-state index in [1.54, 1.807) is 12.3 Å². The summed E-state index contributed by atoms with van der Waals surface area (Å²) in [5.74, 6) is 0.167. The minimum Gasteiger partial charge on any atom is -0.246 e. The van der Waals surface area contributed by atoms with Crippen molar-refractivity contribution in [3.63, 3.8) is 0 Å². The van der Waals surface area contributed by atoms with Gasteiger partial charge in [-0.25, -0.2) is 4.98 Å². The molecule has 0 unspecified atom stereocenters. The van der Waals surface area contributed by atoms with E-state index in [2.05, 4.69) is 11.1 Å². The van der Waals surface area contributed by atoms with Crippen molar-refractivity contribution in [1.29, 1.82) is 10.5 Å². The van der Waals surface area contributed by atoms with Crippen molar-refractivity contribution in [2.75, 3.05) is 0 Å². The monoisotopic (exact) mass is 171 g/mol. The van der Waals surface area contributed by atoms with Gasteiger partial charge in [-0.05, 0) is 23.6 Å². The predicted molar refractivity (Wildman–Crippen MR) is 47.6 cm³/mol. The molecule has 0 N–H and O–H groups in total. The first kappa shape index (κ1) is 9.22. The van der Waals surface area contributed by atoms with E-state index in [0.29, 0.717) is 12.1 Å². The van der Waals surface area contributed by atoms with Crippen LogP contribution in [-0.4, -0.2) is 4.98 Å². The second-order valence-corrected chi connectivity index (χ2v) is 2.85. The van der Waals surface area contributed by atoms with Crippen LogP contribution >= 0.6 is 0 Å². The number of hydrogen-bond donors (Lipinski definition) is 0. The lowest BCUT2D eigenvalue weighted by Crippen LogP contribution is -1.93. The Morgan fingerprint density at radius 2 is 2.31 bits per heavy atom. The van der Waals surface area contributed by atoms with Crippen LogP contribution in [0.3, 0.4) is 0 Å². The molecule has 1 heterocycles. The zero-order chi connectivity index (χ0) is 9.68. The van der Waals surface area contributed by atoms with E-state index in [9.17, 15) is 0 Å². The number of rotatable bonds is 2. The van der Waals surface area contributed by atoms with E-state index in [1.807, 2.05) is 19.1 Å². The molecule has 0 aliphatic rings. The molecular weight excluding hydrogens is 162 g/mol. The molecule has 0 amide bonds. The van der Waals surface area contributed by atoms with Crippen molar-refractivity contribution in [2.24, 2.45) is 0 Å². The van der Waals surface area contributed by atoms with Gasteiger partial charge in [-0.1, -0.05) is 6.92 Å². The molecule has 0 aliphatic carbocycles. The van der Waals surface area contributed by atoms with Crippen molar-refractivity contribution >= 4 is 0 Å². The summed E-state index contributed by atoms with van der Waals surface area (Å²) >= 11 is 0. The lowest BCUT2D eigenvalue weighted by Gasteiger charge is -2.06.